The average Bonchev–Trinajstić information content (AvgIpc) is 2.86. The van der Waals surface area contributed by atoms with Gasteiger partial charge in [-0.15, -0.1) is 0 Å². The lowest BCUT2D eigenvalue weighted by atomic mass is 10.2. The van der Waals surface area contributed by atoms with Crippen LogP contribution in [0.2, 0.25) is 0 Å². The molecule has 7 nitrogen and oxygen atoms in total. The molecule has 0 saturated carbocycles. The molecular weight excluding hydrogens is 412 g/mol. The van der Waals surface area contributed by atoms with E-state index < -0.39 is 0 Å². The van der Waals surface area contributed by atoms with E-state index in [0.29, 0.717) is 0 Å². The number of hydrogen-bond donors (Lipinski definition) is 1. The van der Waals surface area contributed by atoms with Crippen LogP contribution in [0.25, 0.3) is 6.08 Å². The predicted molar refractivity (Wildman–Crippen MR) is 136 cm³/mol. The Hall–Kier alpha value is -2.90. The minimum absolute atomic E-state index is 0.255. The zero-order valence-corrected chi connectivity index (χ0v) is 19.9. The maximum absolute atomic E-state index is 5.63. The van der Waals surface area contributed by atoms with Gasteiger partial charge in [-0.25, -0.2) is 4.98 Å². The van der Waals surface area contributed by atoms with Crippen LogP contribution < -0.4 is 10.2 Å². The third kappa shape index (κ3) is 6.79. The van der Waals surface area contributed by atoms with Crippen molar-refractivity contribution in [3.8, 4) is 0 Å². The Morgan fingerprint density at radius 2 is 1.94 bits per heavy atom. The van der Waals surface area contributed by atoms with E-state index >= 15 is 0 Å². The van der Waals surface area contributed by atoms with Gasteiger partial charge in [0.05, 0.1) is 12.7 Å². The Morgan fingerprint density at radius 3 is 2.64 bits per heavy atom. The molecule has 0 radical (unpaired) electrons. The number of nitrogens with zero attached hydrogens (tertiary/aromatic N) is 5. The minimum atomic E-state index is 0.255. The second kappa shape index (κ2) is 11.8. The van der Waals surface area contributed by atoms with Crippen LogP contribution in [0.1, 0.15) is 18.1 Å². The zero-order valence-electron chi connectivity index (χ0n) is 19.9. The van der Waals surface area contributed by atoms with Crippen LogP contribution in [0.5, 0.6) is 0 Å². The van der Waals surface area contributed by atoms with Gasteiger partial charge in [-0.3, -0.25) is 9.89 Å². The maximum atomic E-state index is 5.63. The molecule has 2 aromatic rings. The number of guanidine groups is 1. The summed E-state index contributed by atoms with van der Waals surface area (Å²) < 4.78 is 5.63. The Labute approximate surface area is 197 Å². The number of nitrogens with one attached hydrogen (secondary N) is 1. The fourth-order valence-corrected chi connectivity index (χ4v) is 4.29. The number of aromatic nitrogens is 1. The number of morpholine rings is 1. The van der Waals surface area contributed by atoms with E-state index in [0.717, 1.165) is 76.3 Å². The summed E-state index contributed by atoms with van der Waals surface area (Å²) in [5.74, 6) is 1.98. The van der Waals surface area contributed by atoms with Gasteiger partial charge in [0.1, 0.15) is 5.82 Å². The van der Waals surface area contributed by atoms with E-state index in [9.17, 15) is 0 Å². The Bertz CT molecular complexity index is 906. The first-order valence-electron chi connectivity index (χ1n) is 11.9. The van der Waals surface area contributed by atoms with Crippen LogP contribution in [0.4, 0.5) is 5.82 Å². The van der Waals surface area contributed by atoms with Crippen LogP contribution in [0, 0.1) is 0 Å². The van der Waals surface area contributed by atoms with Crippen molar-refractivity contribution >= 4 is 17.9 Å². The zero-order chi connectivity index (χ0) is 22.9. The molecule has 2 fully saturated rings. The number of benzene rings is 1. The molecule has 33 heavy (non-hydrogen) atoms. The van der Waals surface area contributed by atoms with Gasteiger partial charge in [0.15, 0.2) is 5.96 Å². The highest BCUT2D eigenvalue weighted by Gasteiger charge is 2.19. The van der Waals surface area contributed by atoms with E-state index in [-0.39, 0.29) is 6.10 Å². The lowest BCUT2D eigenvalue weighted by Crippen LogP contribution is -2.52. The van der Waals surface area contributed by atoms with Gasteiger partial charge in [0.25, 0.3) is 0 Å². The molecule has 3 heterocycles. The molecule has 1 atom stereocenters. The molecule has 1 N–H and O–H groups in total. The predicted octanol–water partition coefficient (Wildman–Crippen LogP) is 2.71. The first kappa shape index (κ1) is 23.3. The van der Waals surface area contributed by atoms with Gasteiger partial charge >= 0.3 is 0 Å². The Morgan fingerprint density at radius 1 is 1.12 bits per heavy atom. The summed E-state index contributed by atoms with van der Waals surface area (Å²) in [7, 11) is 1.86. The van der Waals surface area contributed by atoms with Crippen LogP contribution in [-0.4, -0.2) is 86.3 Å². The lowest BCUT2D eigenvalue weighted by Gasteiger charge is -2.36. The van der Waals surface area contributed by atoms with Crippen molar-refractivity contribution < 1.29 is 4.74 Å². The van der Waals surface area contributed by atoms with E-state index in [1.807, 2.05) is 13.2 Å². The molecule has 0 spiro atoms. The summed E-state index contributed by atoms with van der Waals surface area (Å²) in [6.07, 6.45) is 6.68. The lowest BCUT2D eigenvalue weighted by molar-refractivity contribution is 0.0529. The number of pyridine rings is 1. The van der Waals surface area contributed by atoms with Crippen molar-refractivity contribution in [1.82, 2.24) is 20.1 Å². The SMILES string of the molecule is CN=C(NCc1ccc(N2CCOC(C)C2)nc1)N1CCN(C/C=C/c2ccccc2)CC1. The molecule has 2 saturated heterocycles. The smallest absolute Gasteiger partial charge is 0.194 e. The topological polar surface area (TPSA) is 56.2 Å². The molecule has 0 aliphatic carbocycles. The highest BCUT2D eigenvalue weighted by Crippen LogP contribution is 2.15. The Kier molecular flexibility index (Phi) is 8.33. The molecule has 1 unspecified atom stereocenters. The first-order chi connectivity index (χ1) is 16.2. The van der Waals surface area contributed by atoms with Gasteiger partial charge in [-0.1, -0.05) is 48.6 Å². The Balaban J connectivity index is 1.21. The molecule has 1 aromatic carbocycles. The highest BCUT2D eigenvalue weighted by atomic mass is 16.5. The van der Waals surface area contributed by atoms with Crippen LogP contribution >= 0.6 is 0 Å². The van der Waals surface area contributed by atoms with Gasteiger partial charge in [0, 0.05) is 65.6 Å². The number of ether oxygens (including phenoxy) is 1. The molecule has 0 amide bonds. The van der Waals surface area contributed by atoms with Gasteiger partial charge in [-0.2, -0.15) is 0 Å². The summed E-state index contributed by atoms with van der Waals surface area (Å²) in [5, 5.41) is 3.51. The molecule has 2 aliphatic heterocycles. The third-order valence-electron chi connectivity index (χ3n) is 6.18. The van der Waals surface area contributed by atoms with E-state index in [1.165, 1.54) is 5.56 Å². The first-order valence-corrected chi connectivity index (χ1v) is 11.9. The van der Waals surface area contributed by atoms with Crippen molar-refractivity contribution in [3.63, 3.8) is 0 Å². The molecule has 4 rings (SSSR count). The normalized spacial score (nSPS) is 20.4. The van der Waals surface area contributed by atoms with Crippen molar-refractivity contribution in [2.24, 2.45) is 4.99 Å². The number of anilines is 1. The summed E-state index contributed by atoms with van der Waals surface area (Å²) >= 11 is 0. The molecular formula is C26H36N6O. The minimum Gasteiger partial charge on any atom is -0.375 e. The second-order valence-electron chi connectivity index (χ2n) is 8.65. The van der Waals surface area contributed by atoms with Crippen LogP contribution in [0.15, 0.2) is 59.7 Å². The number of hydrogen-bond acceptors (Lipinski definition) is 5. The summed E-state index contributed by atoms with van der Waals surface area (Å²) in [5.41, 5.74) is 2.41. The quantitative estimate of drug-likeness (QED) is 0.542. The van der Waals surface area contributed by atoms with Crippen LogP contribution in [0.3, 0.4) is 0 Å². The number of piperazine rings is 1. The summed E-state index contributed by atoms with van der Waals surface area (Å²) in [6, 6.07) is 14.7. The molecule has 176 valence electrons. The van der Waals surface area contributed by atoms with E-state index in [1.54, 1.807) is 0 Å². The van der Waals surface area contributed by atoms with Gasteiger partial charge in [-0.05, 0) is 24.1 Å². The van der Waals surface area contributed by atoms with Crippen molar-refractivity contribution in [1.29, 1.82) is 0 Å². The average molecular weight is 449 g/mol. The molecule has 7 heteroatoms. The number of rotatable bonds is 6. The highest BCUT2D eigenvalue weighted by molar-refractivity contribution is 5.80. The summed E-state index contributed by atoms with van der Waals surface area (Å²) in [4.78, 5) is 16.3. The molecule has 1 aromatic heterocycles. The van der Waals surface area contributed by atoms with Crippen molar-refractivity contribution in [2.45, 2.75) is 19.6 Å². The van der Waals surface area contributed by atoms with Gasteiger partial charge in [0.2, 0.25) is 0 Å². The third-order valence-corrected chi connectivity index (χ3v) is 6.18. The fourth-order valence-electron chi connectivity index (χ4n) is 4.29. The monoisotopic (exact) mass is 448 g/mol. The van der Waals surface area contributed by atoms with Gasteiger partial charge < -0.3 is 19.9 Å². The molecule has 0 bridgehead atoms. The van der Waals surface area contributed by atoms with Crippen molar-refractivity contribution in [3.05, 3.63) is 65.9 Å². The van der Waals surface area contributed by atoms with Crippen LogP contribution in [-0.2, 0) is 11.3 Å². The number of aliphatic imine (C=N–C) groups is 1. The molecule has 2 aliphatic rings. The fraction of sp³-hybridized carbons (Fsp3) is 0.462. The maximum Gasteiger partial charge on any atom is 0.194 e. The largest absolute Gasteiger partial charge is 0.375 e. The summed E-state index contributed by atoms with van der Waals surface area (Å²) in [6.45, 7) is 10.4. The van der Waals surface area contributed by atoms with E-state index in [2.05, 4.69) is 91.5 Å². The second-order valence-corrected chi connectivity index (χ2v) is 8.65. The van der Waals surface area contributed by atoms with E-state index in [4.69, 9.17) is 4.74 Å². The standard InChI is InChI=1S/C26H36N6O/c1-22-21-32(17-18-33-22)25-11-10-24(19-28-25)20-29-26(27-2)31-15-13-30(14-16-31)12-6-9-23-7-4-3-5-8-23/h3-11,19,22H,12-18,20-21H2,1-2H3,(H,27,29)/b9-6+. The van der Waals surface area contributed by atoms with Crippen molar-refractivity contribution in [2.75, 3.05) is 64.4 Å².